The minimum Gasteiger partial charge on any atom is -0.465 e. The van der Waals surface area contributed by atoms with Crippen LogP contribution < -0.4 is 8.61 Å². The van der Waals surface area contributed by atoms with E-state index in [4.69, 9.17) is 5.11 Å². The van der Waals surface area contributed by atoms with Crippen LogP contribution in [0.2, 0.25) is 0 Å². The third-order valence-electron chi connectivity index (χ3n) is 4.81. The minimum absolute atomic E-state index is 0.0962. The molecule has 1 amide bonds. The van der Waals surface area contributed by atoms with Gasteiger partial charge in [-0.2, -0.15) is 0 Å². The molecule has 1 heterocycles. The third kappa shape index (κ3) is 4.25. The first-order valence-electron chi connectivity index (χ1n) is 9.06. The Labute approximate surface area is 171 Å². The number of para-hydroxylation sites is 3. The Kier molecular flexibility index (Phi) is 6.18. The molecule has 158 valence electrons. The summed E-state index contributed by atoms with van der Waals surface area (Å²) in [5.41, 5.74) is 1.22. The van der Waals surface area contributed by atoms with Gasteiger partial charge in [0.25, 0.3) is 0 Å². The Hall–Kier alpha value is -2.53. The van der Waals surface area contributed by atoms with E-state index in [2.05, 4.69) is 0 Å². The number of likely N-dealkylation sites (N-methyl/N-ethyl adjacent to an activating group) is 2. The highest BCUT2D eigenvalue weighted by molar-refractivity contribution is 8.27. The lowest BCUT2D eigenvalue weighted by atomic mass is 10.2. The number of fused-ring (bicyclic) bond motifs is 1. The van der Waals surface area contributed by atoms with Crippen molar-refractivity contribution in [3.8, 4) is 0 Å². The second-order valence-electron chi connectivity index (χ2n) is 6.83. The van der Waals surface area contributed by atoms with Crippen LogP contribution in [0.25, 0.3) is 0 Å². The Balaban J connectivity index is 1.79. The van der Waals surface area contributed by atoms with E-state index in [1.54, 1.807) is 36.4 Å². The van der Waals surface area contributed by atoms with Gasteiger partial charge in [0.1, 0.15) is 11.5 Å². The first kappa shape index (κ1) is 21.2. The van der Waals surface area contributed by atoms with Crippen LogP contribution in [0.5, 0.6) is 0 Å². The monoisotopic (exact) mass is 424 g/mol. The number of amides is 1. The molecule has 1 aliphatic heterocycles. The number of anilines is 3. The molecule has 0 aliphatic carbocycles. The first-order chi connectivity index (χ1) is 13.7. The molecule has 0 spiro atoms. The number of carbonyl (C=O) groups is 1. The first-order valence-corrected chi connectivity index (χ1v) is 10.5. The average molecular weight is 424 g/mol. The topological polar surface area (TPSA) is 90.7 Å². The van der Waals surface area contributed by atoms with Crippen LogP contribution in [0.1, 0.15) is 0 Å². The molecule has 1 aliphatic rings. The van der Waals surface area contributed by atoms with Gasteiger partial charge in [0.05, 0.1) is 17.9 Å². The fraction of sp³-hybridized carbons (Fsp3) is 0.316. The molecule has 0 unspecified atom stereocenters. The predicted molar refractivity (Wildman–Crippen MR) is 113 cm³/mol. The zero-order valence-electron chi connectivity index (χ0n) is 16.3. The zero-order chi connectivity index (χ0) is 21.2. The summed E-state index contributed by atoms with van der Waals surface area (Å²) < 4.78 is 39.2. The second kappa shape index (κ2) is 8.46. The quantitative estimate of drug-likeness (QED) is 0.621. The van der Waals surface area contributed by atoms with Crippen LogP contribution in [0.3, 0.4) is 0 Å². The molecule has 0 fully saturated rings. The number of benzene rings is 2. The summed E-state index contributed by atoms with van der Waals surface area (Å²) in [5.74, 6) is -0.544. The smallest absolute Gasteiger partial charge is 0.407 e. The SMILES string of the molecule is CN(CCN(C)C(=O)O)CCN1c2ccccc2N(c2ccccc2F)S1(O)O. The summed E-state index contributed by atoms with van der Waals surface area (Å²) in [7, 11) is -0.180. The summed E-state index contributed by atoms with van der Waals surface area (Å²) in [6.45, 7) is 1.56. The summed E-state index contributed by atoms with van der Waals surface area (Å²) in [4.78, 5) is 14.0. The Morgan fingerprint density at radius 2 is 1.55 bits per heavy atom. The number of halogens is 1. The van der Waals surface area contributed by atoms with E-state index in [9.17, 15) is 18.3 Å². The molecule has 0 saturated carbocycles. The van der Waals surface area contributed by atoms with Crippen LogP contribution in [0, 0.1) is 5.82 Å². The van der Waals surface area contributed by atoms with Crippen LogP contribution in [-0.2, 0) is 0 Å². The van der Waals surface area contributed by atoms with Crippen LogP contribution in [0.4, 0.5) is 26.2 Å². The van der Waals surface area contributed by atoms with Gasteiger partial charge in [0, 0.05) is 26.7 Å². The van der Waals surface area contributed by atoms with Gasteiger partial charge >= 0.3 is 6.09 Å². The van der Waals surface area contributed by atoms with Gasteiger partial charge < -0.3 is 14.9 Å². The number of rotatable bonds is 7. The molecule has 0 saturated heterocycles. The van der Waals surface area contributed by atoms with Gasteiger partial charge in [-0.25, -0.2) is 13.5 Å². The molecule has 0 radical (unpaired) electrons. The molecule has 3 rings (SSSR count). The summed E-state index contributed by atoms with van der Waals surface area (Å²) in [6, 6.07) is 13.0. The molecular formula is C19H25FN4O4S. The van der Waals surface area contributed by atoms with Gasteiger partial charge in [-0.05, 0) is 42.3 Å². The normalized spacial score (nSPS) is 16.1. The molecule has 2 aromatic rings. The fourth-order valence-corrected chi connectivity index (χ4v) is 4.89. The van der Waals surface area contributed by atoms with Crippen molar-refractivity contribution in [2.24, 2.45) is 0 Å². The van der Waals surface area contributed by atoms with E-state index in [-0.39, 0.29) is 12.2 Å². The summed E-state index contributed by atoms with van der Waals surface area (Å²) in [6.07, 6.45) is -0.999. The summed E-state index contributed by atoms with van der Waals surface area (Å²) in [5, 5.41) is 8.94. The van der Waals surface area contributed by atoms with Crippen LogP contribution in [0.15, 0.2) is 48.5 Å². The number of nitrogens with zero attached hydrogens (tertiary/aromatic N) is 4. The molecular weight excluding hydrogens is 399 g/mol. The number of carboxylic acid groups (broad SMARTS) is 1. The van der Waals surface area contributed by atoms with E-state index in [0.717, 1.165) is 0 Å². The molecule has 2 aromatic carbocycles. The molecule has 8 nitrogen and oxygen atoms in total. The Morgan fingerprint density at radius 3 is 2.17 bits per heavy atom. The molecule has 0 bridgehead atoms. The van der Waals surface area contributed by atoms with Crippen molar-refractivity contribution in [2.45, 2.75) is 0 Å². The fourth-order valence-electron chi connectivity index (χ4n) is 3.12. The van der Waals surface area contributed by atoms with E-state index in [1.165, 1.54) is 32.7 Å². The molecule has 3 N–H and O–H groups in total. The van der Waals surface area contributed by atoms with E-state index < -0.39 is 22.9 Å². The number of hydrogen-bond acceptors (Lipinski definition) is 6. The van der Waals surface area contributed by atoms with Gasteiger partial charge in [0.2, 0.25) is 0 Å². The lowest BCUT2D eigenvalue weighted by molar-refractivity contribution is 0.151. The van der Waals surface area contributed by atoms with Gasteiger partial charge in [-0.3, -0.25) is 13.4 Å². The Morgan fingerprint density at radius 1 is 0.966 bits per heavy atom. The lowest BCUT2D eigenvalue weighted by Crippen LogP contribution is -2.39. The average Bonchev–Trinajstić information content (AvgIpc) is 2.90. The van der Waals surface area contributed by atoms with Crippen molar-refractivity contribution in [1.82, 2.24) is 9.80 Å². The molecule has 0 aromatic heterocycles. The maximum absolute atomic E-state index is 14.4. The minimum atomic E-state index is -3.51. The molecule has 29 heavy (non-hydrogen) atoms. The highest BCUT2D eigenvalue weighted by Crippen LogP contribution is 2.64. The van der Waals surface area contributed by atoms with Crippen molar-refractivity contribution in [2.75, 3.05) is 48.9 Å². The van der Waals surface area contributed by atoms with E-state index in [1.807, 2.05) is 11.9 Å². The van der Waals surface area contributed by atoms with Crippen LogP contribution in [-0.4, -0.2) is 70.4 Å². The van der Waals surface area contributed by atoms with Crippen molar-refractivity contribution in [3.63, 3.8) is 0 Å². The van der Waals surface area contributed by atoms with Gasteiger partial charge in [-0.15, -0.1) is 0 Å². The predicted octanol–water partition coefficient (Wildman–Crippen LogP) is 3.91. The maximum Gasteiger partial charge on any atom is 0.407 e. The third-order valence-corrected chi connectivity index (χ3v) is 6.66. The van der Waals surface area contributed by atoms with Crippen molar-refractivity contribution in [3.05, 3.63) is 54.3 Å². The molecule has 10 heteroatoms. The van der Waals surface area contributed by atoms with Crippen molar-refractivity contribution >= 4 is 34.1 Å². The van der Waals surface area contributed by atoms with E-state index >= 15 is 0 Å². The number of hydrogen-bond donors (Lipinski definition) is 3. The van der Waals surface area contributed by atoms with Gasteiger partial charge in [-0.1, -0.05) is 24.3 Å². The lowest BCUT2D eigenvalue weighted by Gasteiger charge is -2.44. The van der Waals surface area contributed by atoms with Crippen molar-refractivity contribution in [1.29, 1.82) is 0 Å². The van der Waals surface area contributed by atoms with Crippen LogP contribution >= 0.6 is 11.0 Å². The largest absolute Gasteiger partial charge is 0.465 e. The second-order valence-corrected chi connectivity index (χ2v) is 8.62. The Bertz CT molecular complexity index is 885. The highest BCUT2D eigenvalue weighted by atomic mass is 32.3. The molecule has 0 atom stereocenters. The highest BCUT2D eigenvalue weighted by Gasteiger charge is 2.42. The summed E-state index contributed by atoms with van der Waals surface area (Å²) >= 11 is 0. The maximum atomic E-state index is 14.4. The zero-order valence-corrected chi connectivity index (χ0v) is 17.1. The van der Waals surface area contributed by atoms with E-state index in [0.29, 0.717) is 31.0 Å². The standard InChI is InChI=1S/C19H25FN4O4S/c1-21(11-13-22(2)19(25)26)12-14-23-17-9-5-6-10-18(17)24(29(23,27)28)16-8-4-3-7-15(16)20/h3-10,27-28H,11-14H2,1-2H3,(H,25,26). The van der Waals surface area contributed by atoms with Crippen molar-refractivity contribution < 1.29 is 23.4 Å². The van der Waals surface area contributed by atoms with Gasteiger partial charge in [0.15, 0.2) is 0 Å².